The molecule has 0 saturated carbocycles. The molecule has 1 saturated heterocycles. The first-order chi connectivity index (χ1) is 14.3. The van der Waals surface area contributed by atoms with Gasteiger partial charge in [0.25, 0.3) is 0 Å². The first-order valence-electron chi connectivity index (χ1n) is 10.6. The minimum Gasteiger partial charge on any atom is -0.377 e. The molecule has 1 fully saturated rings. The van der Waals surface area contributed by atoms with E-state index in [2.05, 4.69) is 65.3 Å². The second-order valence-corrected chi connectivity index (χ2v) is 8.78. The maximum absolute atomic E-state index is 5.47. The lowest BCUT2D eigenvalue weighted by molar-refractivity contribution is 0.161. The number of rotatable bonds is 4. The van der Waals surface area contributed by atoms with E-state index in [0.717, 1.165) is 63.9 Å². The summed E-state index contributed by atoms with van der Waals surface area (Å²) in [5.74, 6) is 1.13. The van der Waals surface area contributed by atoms with Crippen molar-refractivity contribution in [2.24, 2.45) is 0 Å². The fourth-order valence-corrected chi connectivity index (χ4v) is 5.26. The van der Waals surface area contributed by atoms with E-state index in [1.807, 2.05) is 11.3 Å². The maximum atomic E-state index is 5.47. The molecule has 0 unspecified atom stereocenters. The van der Waals surface area contributed by atoms with Gasteiger partial charge in [-0.1, -0.05) is 37.3 Å². The van der Waals surface area contributed by atoms with Crippen molar-refractivity contribution in [2.75, 3.05) is 50.8 Å². The van der Waals surface area contributed by atoms with E-state index in [1.54, 1.807) is 0 Å². The number of nitrogens with zero attached hydrogens (tertiary/aromatic N) is 3. The van der Waals surface area contributed by atoms with Crippen molar-refractivity contribution in [3.05, 3.63) is 53.4 Å². The summed E-state index contributed by atoms with van der Waals surface area (Å²) in [6.45, 7) is 9.21. The Morgan fingerprint density at radius 2 is 1.86 bits per heavy atom. The number of ether oxygens (including phenoxy) is 1. The van der Waals surface area contributed by atoms with E-state index in [-0.39, 0.29) is 0 Å². The molecule has 5 rings (SSSR count). The highest BCUT2D eigenvalue weighted by atomic mass is 32.1. The second-order valence-electron chi connectivity index (χ2n) is 7.69. The zero-order chi connectivity index (χ0) is 19.6. The van der Waals surface area contributed by atoms with Gasteiger partial charge in [0.2, 0.25) is 0 Å². The molecule has 2 aromatic heterocycles. The van der Waals surface area contributed by atoms with Gasteiger partial charge >= 0.3 is 0 Å². The lowest BCUT2D eigenvalue weighted by Crippen LogP contribution is -2.46. The molecule has 0 N–H and O–H groups in total. The monoisotopic (exact) mass is 405 g/mol. The number of hydrogen-bond acceptors (Lipinski definition) is 5. The lowest BCUT2D eigenvalue weighted by atomic mass is 10.1. The van der Waals surface area contributed by atoms with Crippen LogP contribution in [0.2, 0.25) is 0 Å². The molecule has 0 amide bonds. The molecule has 0 atom stereocenters. The number of thiophene rings is 1. The number of fused-ring (bicyclic) bond motifs is 1. The van der Waals surface area contributed by atoms with Gasteiger partial charge in [-0.15, -0.1) is 11.3 Å². The molecule has 4 heterocycles. The normalized spacial score (nSPS) is 18.2. The predicted octanol–water partition coefficient (Wildman–Crippen LogP) is 4.91. The summed E-state index contributed by atoms with van der Waals surface area (Å²) in [5, 5.41) is 2.52. The Morgan fingerprint density at radius 1 is 1.03 bits per heavy atom. The maximum Gasteiger partial charge on any atom is 0.137 e. The molecule has 4 nitrogen and oxygen atoms in total. The minimum absolute atomic E-state index is 0.727. The number of benzene rings is 1. The van der Waals surface area contributed by atoms with Crippen LogP contribution in [0.4, 0.5) is 5.82 Å². The Bertz CT molecular complexity index is 1030. The van der Waals surface area contributed by atoms with Crippen LogP contribution < -0.4 is 4.90 Å². The van der Waals surface area contributed by atoms with Crippen molar-refractivity contribution in [2.45, 2.75) is 13.3 Å². The van der Waals surface area contributed by atoms with Crippen LogP contribution in [0.1, 0.15) is 18.2 Å². The smallest absolute Gasteiger partial charge is 0.137 e. The SMILES string of the molecule is CCN1CCN(c2nc(-c3ccc(C4=CCOCC4)s3)cc3ccccc23)CC1. The minimum atomic E-state index is 0.727. The topological polar surface area (TPSA) is 28.6 Å². The molecule has 150 valence electrons. The quantitative estimate of drug-likeness (QED) is 0.617. The van der Waals surface area contributed by atoms with Crippen LogP contribution in [0.3, 0.4) is 0 Å². The van der Waals surface area contributed by atoms with Gasteiger partial charge in [0.05, 0.1) is 23.8 Å². The van der Waals surface area contributed by atoms with Gasteiger partial charge in [-0.3, -0.25) is 0 Å². The van der Waals surface area contributed by atoms with E-state index in [4.69, 9.17) is 9.72 Å². The van der Waals surface area contributed by atoms with Gasteiger partial charge in [0.1, 0.15) is 5.82 Å². The Kier molecular flexibility index (Phi) is 5.36. The van der Waals surface area contributed by atoms with Crippen LogP contribution in [0.5, 0.6) is 0 Å². The summed E-state index contributed by atoms with van der Waals surface area (Å²) in [4.78, 5) is 12.7. The number of piperazine rings is 1. The first kappa shape index (κ1) is 18.8. The van der Waals surface area contributed by atoms with Crippen LogP contribution >= 0.6 is 11.3 Å². The molecule has 29 heavy (non-hydrogen) atoms. The Morgan fingerprint density at radius 3 is 2.66 bits per heavy atom. The largest absolute Gasteiger partial charge is 0.377 e. The van der Waals surface area contributed by atoms with Gasteiger partial charge in [0, 0.05) is 36.4 Å². The summed E-state index contributed by atoms with van der Waals surface area (Å²) >= 11 is 1.85. The van der Waals surface area contributed by atoms with Crippen molar-refractivity contribution in [1.82, 2.24) is 9.88 Å². The number of anilines is 1. The van der Waals surface area contributed by atoms with E-state index >= 15 is 0 Å². The number of hydrogen-bond donors (Lipinski definition) is 0. The average molecular weight is 406 g/mol. The number of pyridine rings is 1. The fourth-order valence-electron chi connectivity index (χ4n) is 4.22. The predicted molar refractivity (Wildman–Crippen MR) is 123 cm³/mol. The summed E-state index contributed by atoms with van der Waals surface area (Å²) in [5.41, 5.74) is 2.49. The summed E-state index contributed by atoms with van der Waals surface area (Å²) in [6, 6.07) is 15.4. The van der Waals surface area contributed by atoms with Crippen molar-refractivity contribution in [1.29, 1.82) is 0 Å². The molecular formula is C24H27N3OS. The average Bonchev–Trinajstić information content (AvgIpc) is 3.29. The summed E-state index contributed by atoms with van der Waals surface area (Å²) in [7, 11) is 0. The van der Waals surface area contributed by atoms with Gasteiger partial charge in [0.15, 0.2) is 0 Å². The van der Waals surface area contributed by atoms with Crippen molar-refractivity contribution in [3.8, 4) is 10.6 Å². The van der Waals surface area contributed by atoms with E-state index in [1.165, 1.54) is 26.1 Å². The van der Waals surface area contributed by atoms with E-state index in [0.29, 0.717) is 0 Å². The van der Waals surface area contributed by atoms with Crippen molar-refractivity contribution in [3.63, 3.8) is 0 Å². The highest BCUT2D eigenvalue weighted by Gasteiger charge is 2.20. The Balaban J connectivity index is 1.52. The zero-order valence-electron chi connectivity index (χ0n) is 16.9. The Labute approximate surface area is 176 Å². The third kappa shape index (κ3) is 3.82. The van der Waals surface area contributed by atoms with Crippen molar-refractivity contribution >= 4 is 33.5 Å². The van der Waals surface area contributed by atoms with Gasteiger partial charge < -0.3 is 14.5 Å². The molecule has 3 aromatic rings. The van der Waals surface area contributed by atoms with Crippen LogP contribution in [0.25, 0.3) is 26.9 Å². The lowest BCUT2D eigenvalue weighted by Gasteiger charge is -2.35. The van der Waals surface area contributed by atoms with E-state index in [9.17, 15) is 0 Å². The van der Waals surface area contributed by atoms with Gasteiger partial charge in [-0.25, -0.2) is 4.98 Å². The number of aromatic nitrogens is 1. The third-order valence-corrected chi connectivity index (χ3v) is 7.16. The van der Waals surface area contributed by atoms with Crippen molar-refractivity contribution < 1.29 is 4.74 Å². The second kappa shape index (κ2) is 8.27. The van der Waals surface area contributed by atoms with Gasteiger partial charge in [-0.2, -0.15) is 0 Å². The molecule has 5 heteroatoms. The highest BCUT2D eigenvalue weighted by Crippen LogP contribution is 2.36. The molecule has 0 radical (unpaired) electrons. The molecule has 2 aliphatic heterocycles. The zero-order valence-corrected chi connectivity index (χ0v) is 17.8. The van der Waals surface area contributed by atoms with Gasteiger partial charge in [-0.05, 0) is 42.1 Å². The summed E-state index contributed by atoms with van der Waals surface area (Å²) < 4.78 is 5.47. The van der Waals surface area contributed by atoms with Crippen LogP contribution in [0, 0.1) is 0 Å². The molecule has 1 aromatic carbocycles. The Hall–Kier alpha value is -2.21. The van der Waals surface area contributed by atoms with E-state index < -0.39 is 0 Å². The molecule has 2 aliphatic rings. The van der Waals surface area contributed by atoms with Crippen LogP contribution in [-0.2, 0) is 4.74 Å². The number of likely N-dealkylation sites (N-methyl/N-ethyl adjacent to an activating group) is 1. The molecular weight excluding hydrogens is 378 g/mol. The standard InChI is InChI=1S/C24H27N3OS/c1-2-26-11-13-27(14-12-26)24-20-6-4-3-5-19(20)17-21(25-24)23-8-7-22(29-23)18-9-15-28-16-10-18/h3-9,17H,2,10-16H2,1H3. The third-order valence-electron chi connectivity index (χ3n) is 5.98. The fraction of sp³-hybridized carbons (Fsp3) is 0.375. The molecule has 0 spiro atoms. The summed E-state index contributed by atoms with van der Waals surface area (Å²) in [6.07, 6.45) is 3.21. The molecule has 0 aliphatic carbocycles. The molecule has 0 bridgehead atoms. The van der Waals surface area contributed by atoms with Crippen LogP contribution in [0.15, 0.2) is 48.5 Å². The van der Waals surface area contributed by atoms with Crippen LogP contribution in [-0.4, -0.2) is 55.8 Å². The first-order valence-corrected chi connectivity index (χ1v) is 11.4. The highest BCUT2D eigenvalue weighted by molar-refractivity contribution is 7.16.